The first-order valence-electron chi connectivity index (χ1n) is 5.05. The predicted molar refractivity (Wildman–Crippen MR) is 53.5 cm³/mol. The van der Waals surface area contributed by atoms with Gasteiger partial charge in [-0.3, -0.25) is 4.79 Å². The average molecular weight is 184 g/mol. The first-order valence-corrected chi connectivity index (χ1v) is 5.05. The zero-order valence-electron chi connectivity index (χ0n) is 8.98. The van der Waals surface area contributed by atoms with Crippen LogP contribution < -0.4 is 10.6 Å². The third-order valence-corrected chi connectivity index (χ3v) is 2.17. The number of carbonyl (C=O) groups is 1. The van der Waals surface area contributed by atoms with Gasteiger partial charge in [-0.1, -0.05) is 0 Å². The predicted octanol–water partition coefficient (Wildman–Crippen LogP) is 1.04. The summed E-state index contributed by atoms with van der Waals surface area (Å²) in [6.07, 6.45) is 1.95. The quantitative estimate of drug-likeness (QED) is 0.685. The van der Waals surface area contributed by atoms with Crippen molar-refractivity contribution in [2.45, 2.75) is 58.2 Å². The van der Waals surface area contributed by atoms with Gasteiger partial charge < -0.3 is 10.6 Å². The summed E-state index contributed by atoms with van der Waals surface area (Å²) in [7, 11) is 0. The molecule has 0 radical (unpaired) electrons. The van der Waals surface area contributed by atoms with E-state index in [0.29, 0.717) is 6.04 Å². The molecule has 1 aliphatic carbocycles. The third kappa shape index (κ3) is 2.69. The summed E-state index contributed by atoms with van der Waals surface area (Å²) in [6.45, 7) is 8.12. The minimum absolute atomic E-state index is 0.163. The van der Waals surface area contributed by atoms with Crippen LogP contribution in [0.25, 0.3) is 0 Å². The number of nitrogens with one attached hydrogen (secondary N) is 2. The fraction of sp³-hybridized carbons (Fsp3) is 0.900. The van der Waals surface area contributed by atoms with Crippen LogP contribution in [-0.4, -0.2) is 23.5 Å². The van der Waals surface area contributed by atoms with Gasteiger partial charge in [0.1, 0.15) is 0 Å². The molecule has 1 aliphatic rings. The van der Waals surface area contributed by atoms with E-state index in [4.69, 9.17) is 0 Å². The molecule has 0 saturated heterocycles. The van der Waals surface area contributed by atoms with Crippen molar-refractivity contribution in [1.29, 1.82) is 0 Å². The summed E-state index contributed by atoms with van der Waals surface area (Å²) in [5.41, 5.74) is -0.238. The highest BCUT2D eigenvalue weighted by Crippen LogP contribution is 2.36. The van der Waals surface area contributed by atoms with Crippen LogP contribution in [0.1, 0.15) is 40.5 Å². The molecule has 3 nitrogen and oxygen atoms in total. The topological polar surface area (TPSA) is 41.1 Å². The molecule has 1 saturated carbocycles. The van der Waals surface area contributed by atoms with Gasteiger partial charge in [0.25, 0.3) is 0 Å². The molecule has 0 spiro atoms. The normalized spacial score (nSPS) is 19.2. The summed E-state index contributed by atoms with van der Waals surface area (Å²) in [6, 6.07) is 0.611. The monoisotopic (exact) mass is 184 g/mol. The molecule has 76 valence electrons. The maximum atomic E-state index is 11.7. The van der Waals surface area contributed by atoms with Gasteiger partial charge in [0.15, 0.2) is 0 Å². The van der Waals surface area contributed by atoms with E-state index in [-0.39, 0.29) is 17.5 Å². The number of carbonyl (C=O) groups excluding carboxylic acids is 1. The molecule has 3 heteroatoms. The summed E-state index contributed by atoms with van der Waals surface area (Å²) >= 11 is 0. The largest absolute Gasteiger partial charge is 0.352 e. The Labute approximate surface area is 80.3 Å². The summed E-state index contributed by atoms with van der Waals surface area (Å²) < 4.78 is 0. The molecule has 0 aromatic heterocycles. The molecule has 0 aliphatic heterocycles. The highest BCUT2D eigenvalue weighted by molar-refractivity contribution is 5.89. The Bertz CT molecular complexity index is 195. The Morgan fingerprint density at radius 3 is 2.00 bits per heavy atom. The molecule has 2 N–H and O–H groups in total. The first-order chi connectivity index (χ1) is 5.96. The van der Waals surface area contributed by atoms with Crippen LogP contribution in [0, 0.1) is 0 Å². The van der Waals surface area contributed by atoms with Crippen LogP contribution in [-0.2, 0) is 4.79 Å². The van der Waals surface area contributed by atoms with Crippen molar-refractivity contribution in [2.75, 3.05) is 0 Å². The lowest BCUT2D eigenvalue weighted by Crippen LogP contribution is -2.50. The zero-order valence-corrected chi connectivity index (χ0v) is 8.98. The van der Waals surface area contributed by atoms with E-state index < -0.39 is 0 Å². The maximum absolute atomic E-state index is 11.7. The molecule has 1 amide bonds. The molecule has 0 aromatic rings. The Morgan fingerprint density at radius 1 is 1.15 bits per heavy atom. The van der Waals surface area contributed by atoms with Gasteiger partial charge in [0, 0.05) is 12.1 Å². The standard InChI is InChI=1S/C10H20N2O/c1-7(2)11-9(13)10(5-6-10)12-8(3)4/h7-8,12H,5-6H2,1-4H3,(H,11,13). The minimum Gasteiger partial charge on any atom is -0.352 e. The average Bonchev–Trinajstić information content (AvgIpc) is 2.66. The molecular weight excluding hydrogens is 164 g/mol. The van der Waals surface area contributed by atoms with Crippen LogP contribution in [0.4, 0.5) is 0 Å². The lowest BCUT2D eigenvalue weighted by Gasteiger charge is -2.21. The van der Waals surface area contributed by atoms with Crippen LogP contribution in [0.15, 0.2) is 0 Å². The van der Waals surface area contributed by atoms with E-state index in [2.05, 4.69) is 24.5 Å². The van der Waals surface area contributed by atoms with Gasteiger partial charge in [-0.15, -0.1) is 0 Å². The zero-order chi connectivity index (χ0) is 10.1. The van der Waals surface area contributed by atoms with Crippen LogP contribution in [0.3, 0.4) is 0 Å². The summed E-state index contributed by atoms with van der Waals surface area (Å²) in [5.74, 6) is 0.163. The van der Waals surface area contributed by atoms with Crippen molar-refractivity contribution in [3.8, 4) is 0 Å². The summed E-state index contributed by atoms with van der Waals surface area (Å²) in [4.78, 5) is 11.7. The second-order valence-electron chi connectivity index (χ2n) is 4.51. The number of hydrogen-bond donors (Lipinski definition) is 2. The molecule has 0 bridgehead atoms. The van der Waals surface area contributed by atoms with Gasteiger partial charge in [0.2, 0.25) is 5.91 Å². The fourth-order valence-electron chi connectivity index (χ4n) is 1.51. The van der Waals surface area contributed by atoms with E-state index >= 15 is 0 Å². The molecule has 0 atom stereocenters. The maximum Gasteiger partial charge on any atom is 0.240 e. The van der Waals surface area contributed by atoms with Crippen molar-refractivity contribution in [3.05, 3.63) is 0 Å². The van der Waals surface area contributed by atoms with Crippen LogP contribution in [0.2, 0.25) is 0 Å². The molecule has 13 heavy (non-hydrogen) atoms. The van der Waals surface area contributed by atoms with Crippen molar-refractivity contribution < 1.29 is 4.79 Å². The second kappa shape index (κ2) is 3.66. The lowest BCUT2D eigenvalue weighted by molar-refractivity contribution is -0.124. The SMILES string of the molecule is CC(C)NC(=O)C1(NC(C)C)CC1. The molecule has 1 fully saturated rings. The van der Waals surface area contributed by atoms with Gasteiger partial charge in [-0.2, -0.15) is 0 Å². The number of rotatable bonds is 4. The van der Waals surface area contributed by atoms with E-state index in [9.17, 15) is 4.79 Å². The molecule has 1 rings (SSSR count). The minimum atomic E-state index is -0.238. The van der Waals surface area contributed by atoms with Crippen molar-refractivity contribution in [2.24, 2.45) is 0 Å². The van der Waals surface area contributed by atoms with E-state index in [1.807, 2.05) is 13.8 Å². The second-order valence-corrected chi connectivity index (χ2v) is 4.51. The van der Waals surface area contributed by atoms with Gasteiger partial charge >= 0.3 is 0 Å². The summed E-state index contributed by atoms with van der Waals surface area (Å²) in [5, 5.41) is 6.27. The smallest absolute Gasteiger partial charge is 0.240 e. The molecule has 0 aromatic carbocycles. The lowest BCUT2D eigenvalue weighted by atomic mass is 10.2. The third-order valence-electron chi connectivity index (χ3n) is 2.17. The fourth-order valence-corrected chi connectivity index (χ4v) is 1.51. The Balaban J connectivity index is 2.45. The Kier molecular flexibility index (Phi) is 2.96. The van der Waals surface area contributed by atoms with Crippen molar-refractivity contribution in [3.63, 3.8) is 0 Å². The van der Waals surface area contributed by atoms with Crippen LogP contribution in [0.5, 0.6) is 0 Å². The highest BCUT2D eigenvalue weighted by atomic mass is 16.2. The van der Waals surface area contributed by atoms with E-state index in [1.54, 1.807) is 0 Å². The van der Waals surface area contributed by atoms with Gasteiger partial charge in [-0.05, 0) is 40.5 Å². The van der Waals surface area contributed by atoms with Gasteiger partial charge in [-0.25, -0.2) is 0 Å². The number of amides is 1. The first kappa shape index (κ1) is 10.5. The number of hydrogen-bond acceptors (Lipinski definition) is 2. The van der Waals surface area contributed by atoms with Gasteiger partial charge in [0.05, 0.1) is 5.54 Å². The Morgan fingerprint density at radius 2 is 1.69 bits per heavy atom. The molecule has 0 heterocycles. The molecule has 0 unspecified atom stereocenters. The molecular formula is C10H20N2O. The van der Waals surface area contributed by atoms with E-state index in [1.165, 1.54) is 0 Å². The van der Waals surface area contributed by atoms with Crippen molar-refractivity contribution >= 4 is 5.91 Å². The highest BCUT2D eigenvalue weighted by Gasteiger charge is 2.49. The van der Waals surface area contributed by atoms with Crippen LogP contribution >= 0.6 is 0 Å². The Hall–Kier alpha value is -0.570. The van der Waals surface area contributed by atoms with Crippen molar-refractivity contribution in [1.82, 2.24) is 10.6 Å². The van der Waals surface area contributed by atoms with E-state index in [0.717, 1.165) is 12.8 Å².